The third kappa shape index (κ3) is 5.08. The summed E-state index contributed by atoms with van der Waals surface area (Å²) in [6.45, 7) is 6.20. The van der Waals surface area contributed by atoms with Crippen molar-refractivity contribution in [1.29, 1.82) is 0 Å². The highest BCUT2D eigenvalue weighted by Gasteiger charge is 2.42. The highest BCUT2D eigenvalue weighted by atomic mass is 35.5. The number of aryl methyl sites for hydroxylation is 1. The molecule has 172 valence electrons. The van der Waals surface area contributed by atoms with Crippen molar-refractivity contribution in [2.75, 3.05) is 24.6 Å². The Bertz CT molecular complexity index is 1140. The largest absolute Gasteiger partial charge is 0.347 e. The molecule has 2 aliphatic heterocycles. The average molecular weight is 477 g/mol. The number of nitrogens with zero attached hydrogens (tertiary/aromatic N) is 3. The number of halogens is 1. The minimum atomic E-state index is -3.14. The minimum Gasteiger partial charge on any atom is -0.347 e. The molecule has 1 aromatic carbocycles. The van der Waals surface area contributed by atoms with Crippen LogP contribution in [0.3, 0.4) is 0 Å². The number of carbonyl (C=O) groups excluding carboxylic acids is 1. The monoisotopic (exact) mass is 476 g/mol. The van der Waals surface area contributed by atoms with Crippen molar-refractivity contribution >= 4 is 33.4 Å². The first-order valence-corrected chi connectivity index (χ1v) is 13.1. The third-order valence-corrected chi connectivity index (χ3v) is 8.46. The van der Waals surface area contributed by atoms with E-state index in [1.807, 2.05) is 42.8 Å². The third-order valence-electron chi connectivity index (χ3n) is 6.38. The van der Waals surface area contributed by atoms with Crippen molar-refractivity contribution < 1.29 is 13.2 Å². The van der Waals surface area contributed by atoms with Gasteiger partial charge in [-0.25, -0.2) is 8.42 Å². The first-order chi connectivity index (χ1) is 15.2. The number of carbonyl (C=O) groups is 1. The van der Waals surface area contributed by atoms with Gasteiger partial charge in [0.1, 0.15) is 0 Å². The van der Waals surface area contributed by atoms with Gasteiger partial charge in [-0.05, 0) is 57.5 Å². The lowest BCUT2D eigenvalue weighted by Crippen LogP contribution is -2.49. The molecule has 32 heavy (non-hydrogen) atoms. The number of aromatic nitrogens is 2. The summed E-state index contributed by atoms with van der Waals surface area (Å²) in [5.74, 6) is -0.162. The Morgan fingerprint density at radius 1 is 1.22 bits per heavy atom. The molecular weight excluding hydrogens is 448 g/mol. The Balaban J connectivity index is 1.45. The fourth-order valence-electron chi connectivity index (χ4n) is 4.68. The maximum Gasteiger partial charge on any atom is 0.244 e. The van der Waals surface area contributed by atoms with Crippen LogP contribution in [-0.2, 0) is 21.2 Å². The topological polar surface area (TPSA) is 84.3 Å². The van der Waals surface area contributed by atoms with E-state index in [4.69, 9.17) is 11.6 Å². The number of rotatable bonds is 6. The molecule has 1 aromatic heterocycles. The highest BCUT2D eigenvalue weighted by molar-refractivity contribution is 7.91. The first-order valence-electron chi connectivity index (χ1n) is 10.9. The molecule has 2 saturated heterocycles. The second-order valence-electron chi connectivity index (χ2n) is 8.67. The van der Waals surface area contributed by atoms with Crippen LogP contribution in [0, 0.1) is 13.8 Å². The fourth-order valence-corrected chi connectivity index (χ4v) is 6.83. The molecule has 7 nitrogen and oxygen atoms in total. The van der Waals surface area contributed by atoms with Crippen molar-refractivity contribution in [2.24, 2.45) is 0 Å². The number of hydrogen-bond acceptors (Lipinski definition) is 5. The molecule has 9 heteroatoms. The average Bonchev–Trinajstić information content (AvgIpc) is 3.42. The van der Waals surface area contributed by atoms with Gasteiger partial charge in [-0.15, -0.1) is 0 Å². The van der Waals surface area contributed by atoms with Gasteiger partial charge in [0.15, 0.2) is 9.84 Å². The van der Waals surface area contributed by atoms with E-state index in [0.717, 1.165) is 48.4 Å². The van der Waals surface area contributed by atoms with Crippen LogP contribution >= 0.6 is 11.6 Å². The van der Waals surface area contributed by atoms with Crippen LogP contribution in [0.5, 0.6) is 0 Å². The van der Waals surface area contributed by atoms with Gasteiger partial charge in [-0.1, -0.05) is 29.8 Å². The summed E-state index contributed by atoms with van der Waals surface area (Å²) in [6.07, 6.45) is 5.38. The molecule has 0 saturated carbocycles. The van der Waals surface area contributed by atoms with Crippen LogP contribution in [0.15, 0.2) is 30.3 Å². The highest BCUT2D eigenvalue weighted by Crippen LogP contribution is 2.23. The smallest absolute Gasteiger partial charge is 0.244 e. The first kappa shape index (κ1) is 23.0. The second-order valence-corrected chi connectivity index (χ2v) is 11.2. The van der Waals surface area contributed by atoms with Gasteiger partial charge in [0.05, 0.1) is 29.8 Å². The van der Waals surface area contributed by atoms with E-state index in [1.165, 1.54) is 6.08 Å². The summed E-state index contributed by atoms with van der Waals surface area (Å²) in [7, 11) is -3.14. The fraction of sp³-hybridized carbons (Fsp3) is 0.478. The van der Waals surface area contributed by atoms with Gasteiger partial charge < -0.3 is 5.32 Å². The van der Waals surface area contributed by atoms with Crippen LogP contribution in [0.2, 0.25) is 5.02 Å². The number of amides is 1. The maximum absolute atomic E-state index is 12.7. The van der Waals surface area contributed by atoms with E-state index in [0.29, 0.717) is 11.6 Å². The van der Waals surface area contributed by atoms with Crippen LogP contribution in [-0.4, -0.2) is 65.7 Å². The molecule has 2 fully saturated rings. The molecule has 2 atom stereocenters. The van der Waals surface area contributed by atoms with E-state index < -0.39 is 9.84 Å². The van der Waals surface area contributed by atoms with Gasteiger partial charge in [0.25, 0.3) is 0 Å². The summed E-state index contributed by atoms with van der Waals surface area (Å²) < 4.78 is 26.3. The Morgan fingerprint density at radius 3 is 2.66 bits per heavy atom. The van der Waals surface area contributed by atoms with Gasteiger partial charge in [-0.2, -0.15) is 5.10 Å². The number of nitrogens with one attached hydrogen (secondary N) is 1. The molecule has 4 rings (SSSR count). The Hall–Kier alpha value is -2.16. The number of likely N-dealkylation sites (tertiary alicyclic amines) is 1. The van der Waals surface area contributed by atoms with E-state index in [1.54, 1.807) is 6.08 Å². The lowest BCUT2D eigenvalue weighted by Gasteiger charge is -2.28. The Morgan fingerprint density at radius 2 is 1.94 bits per heavy atom. The van der Waals surface area contributed by atoms with E-state index in [9.17, 15) is 13.2 Å². The zero-order valence-corrected chi connectivity index (χ0v) is 20.0. The molecule has 1 amide bonds. The zero-order valence-electron chi connectivity index (χ0n) is 18.4. The number of hydrogen-bond donors (Lipinski definition) is 1. The van der Waals surface area contributed by atoms with Crippen LogP contribution in [0.4, 0.5) is 0 Å². The summed E-state index contributed by atoms with van der Waals surface area (Å²) >= 11 is 6.28. The molecule has 2 aliphatic rings. The molecular formula is C23H29ClN4O3S. The van der Waals surface area contributed by atoms with Crippen molar-refractivity contribution in [2.45, 2.75) is 45.3 Å². The van der Waals surface area contributed by atoms with Crippen LogP contribution < -0.4 is 5.32 Å². The van der Waals surface area contributed by atoms with Crippen molar-refractivity contribution in [1.82, 2.24) is 20.0 Å². The quantitative estimate of drug-likeness (QED) is 0.648. The molecule has 0 radical (unpaired) electrons. The molecule has 2 unspecified atom stereocenters. The van der Waals surface area contributed by atoms with Crippen LogP contribution in [0.1, 0.15) is 35.4 Å². The minimum absolute atomic E-state index is 0.00156. The lowest BCUT2D eigenvalue weighted by molar-refractivity contribution is -0.117. The summed E-state index contributed by atoms with van der Waals surface area (Å²) in [5.41, 5.74) is 3.60. The van der Waals surface area contributed by atoms with Crippen molar-refractivity contribution in [3.8, 4) is 0 Å². The van der Waals surface area contributed by atoms with E-state index >= 15 is 0 Å². The van der Waals surface area contributed by atoms with Gasteiger partial charge in [0.2, 0.25) is 5.91 Å². The molecule has 0 bridgehead atoms. The lowest BCUT2D eigenvalue weighted by atomic mass is 10.1. The second kappa shape index (κ2) is 9.37. The molecule has 1 N–H and O–H groups in total. The predicted octanol–water partition coefficient (Wildman–Crippen LogP) is 2.59. The molecule has 0 aliphatic carbocycles. The SMILES string of the molecule is Cc1nn(Cc2ccccc2Cl)c(C)c1/C=C/C(=O)NC1CS(=O)(=O)CC1N1CCCC1. The van der Waals surface area contributed by atoms with Crippen LogP contribution in [0.25, 0.3) is 6.08 Å². The van der Waals surface area contributed by atoms with Gasteiger partial charge in [0, 0.05) is 28.4 Å². The van der Waals surface area contributed by atoms with E-state index in [-0.39, 0.29) is 29.5 Å². The predicted molar refractivity (Wildman–Crippen MR) is 126 cm³/mol. The summed E-state index contributed by atoms with van der Waals surface area (Å²) in [6, 6.07) is 7.14. The normalized spacial score (nSPS) is 23.2. The van der Waals surface area contributed by atoms with Gasteiger partial charge >= 0.3 is 0 Å². The standard InChI is InChI=1S/C23H29ClN4O3S/c1-16-19(17(2)28(26-16)13-18-7-3-4-8-20(18)24)9-10-23(29)25-21-14-32(30,31)15-22(21)27-11-5-6-12-27/h3-4,7-10,21-22H,5-6,11-15H2,1-2H3,(H,25,29)/b10-9+. The Labute approximate surface area is 194 Å². The molecule has 3 heterocycles. The number of sulfone groups is 1. The molecule has 0 spiro atoms. The van der Waals surface area contributed by atoms with E-state index in [2.05, 4.69) is 15.3 Å². The van der Waals surface area contributed by atoms with Crippen molar-refractivity contribution in [3.05, 3.63) is 57.9 Å². The zero-order chi connectivity index (χ0) is 22.9. The summed E-state index contributed by atoms with van der Waals surface area (Å²) in [4.78, 5) is 14.9. The molecule has 2 aromatic rings. The van der Waals surface area contributed by atoms with Gasteiger partial charge in [-0.3, -0.25) is 14.4 Å². The maximum atomic E-state index is 12.7. The van der Waals surface area contributed by atoms with Crippen molar-refractivity contribution in [3.63, 3.8) is 0 Å². The number of benzene rings is 1. The summed E-state index contributed by atoms with van der Waals surface area (Å²) in [5, 5.41) is 8.22. The Kier molecular flexibility index (Phi) is 6.74.